The third-order valence-corrected chi connectivity index (χ3v) is 2.30. The minimum Gasteiger partial charge on any atom is -0.355 e. The molecule has 0 aromatic heterocycles. The normalized spacial score (nSPS) is 9.67. The molecule has 1 aromatic carbocycles. The average Bonchev–Trinajstić information content (AvgIpc) is 2.34. The Hall–Kier alpha value is -1.75. The van der Waals surface area contributed by atoms with E-state index in [2.05, 4.69) is 16.0 Å². The van der Waals surface area contributed by atoms with Crippen LogP contribution in [-0.4, -0.2) is 25.0 Å². The molecule has 3 N–H and O–H groups in total. The van der Waals surface area contributed by atoms with Crippen molar-refractivity contribution in [1.29, 1.82) is 0 Å². The predicted octanol–water partition coefficient (Wildman–Crippen LogP) is 1.99. The molecule has 0 spiro atoms. The van der Waals surface area contributed by atoms with E-state index in [0.29, 0.717) is 17.3 Å². The molecule has 1 rings (SSSR count). The lowest BCUT2D eigenvalue weighted by Gasteiger charge is -2.08. The number of carbonyl (C=O) groups is 2. The fourth-order valence-electron chi connectivity index (χ4n) is 1.23. The summed E-state index contributed by atoms with van der Waals surface area (Å²) in [6.45, 7) is 2.52. The maximum atomic E-state index is 11.5. The summed E-state index contributed by atoms with van der Waals surface area (Å²) in [6, 6.07) is 6.33. The second-order valence-corrected chi connectivity index (χ2v) is 4.10. The van der Waals surface area contributed by atoms with Gasteiger partial charge in [-0.25, -0.2) is 4.79 Å². The zero-order chi connectivity index (χ0) is 13.4. The molecule has 0 fully saturated rings. The lowest BCUT2D eigenvalue weighted by Crippen LogP contribution is -2.39. The van der Waals surface area contributed by atoms with Crippen LogP contribution in [0.25, 0.3) is 0 Å². The number of urea groups is 1. The molecular weight excluding hydrogens is 254 g/mol. The molecule has 0 atom stereocenters. The number of amides is 3. The van der Waals surface area contributed by atoms with Gasteiger partial charge in [0.25, 0.3) is 0 Å². The molecule has 0 heterocycles. The van der Waals surface area contributed by atoms with Gasteiger partial charge in [0, 0.05) is 17.3 Å². The molecule has 5 nitrogen and oxygen atoms in total. The van der Waals surface area contributed by atoms with E-state index in [-0.39, 0.29) is 12.5 Å². The number of halogens is 1. The molecule has 98 valence electrons. The number of nitrogens with one attached hydrogen (secondary N) is 3. The Morgan fingerprint density at radius 3 is 2.72 bits per heavy atom. The van der Waals surface area contributed by atoms with Gasteiger partial charge >= 0.3 is 6.03 Å². The highest BCUT2D eigenvalue weighted by molar-refractivity contribution is 6.30. The Morgan fingerprint density at radius 1 is 1.28 bits per heavy atom. The fraction of sp³-hybridized carbons (Fsp3) is 0.333. The summed E-state index contributed by atoms with van der Waals surface area (Å²) in [4.78, 5) is 22.7. The van der Waals surface area contributed by atoms with E-state index in [1.165, 1.54) is 0 Å². The van der Waals surface area contributed by atoms with Gasteiger partial charge < -0.3 is 16.0 Å². The van der Waals surface area contributed by atoms with Crippen molar-refractivity contribution in [3.63, 3.8) is 0 Å². The van der Waals surface area contributed by atoms with E-state index in [1.54, 1.807) is 24.3 Å². The lowest BCUT2D eigenvalue weighted by molar-refractivity contribution is -0.120. The van der Waals surface area contributed by atoms with Gasteiger partial charge in [0.05, 0.1) is 6.54 Å². The Kier molecular flexibility index (Phi) is 6.00. The maximum Gasteiger partial charge on any atom is 0.319 e. The first-order chi connectivity index (χ1) is 8.61. The summed E-state index contributed by atoms with van der Waals surface area (Å²) in [5.74, 6) is -0.210. The van der Waals surface area contributed by atoms with Crippen LogP contribution in [0, 0.1) is 0 Å². The molecule has 3 amide bonds. The summed E-state index contributed by atoms with van der Waals surface area (Å²) in [7, 11) is 0. The van der Waals surface area contributed by atoms with Crippen LogP contribution in [0.4, 0.5) is 10.5 Å². The molecule has 0 aliphatic carbocycles. The molecule has 6 heteroatoms. The average molecular weight is 270 g/mol. The number of carbonyl (C=O) groups excluding carboxylic acids is 2. The summed E-state index contributed by atoms with van der Waals surface area (Å²) < 4.78 is 0. The number of hydrogen-bond acceptors (Lipinski definition) is 2. The molecule has 0 saturated carbocycles. The number of benzene rings is 1. The van der Waals surface area contributed by atoms with Crippen molar-refractivity contribution >= 4 is 29.2 Å². The van der Waals surface area contributed by atoms with Crippen LogP contribution >= 0.6 is 11.6 Å². The van der Waals surface area contributed by atoms with Gasteiger partial charge in [-0.15, -0.1) is 0 Å². The van der Waals surface area contributed by atoms with Crippen molar-refractivity contribution in [2.45, 2.75) is 13.3 Å². The topological polar surface area (TPSA) is 70.2 Å². The Bertz CT molecular complexity index is 424. The highest BCUT2D eigenvalue weighted by Crippen LogP contribution is 2.14. The minimum absolute atomic E-state index is 0.0492. The second-order valence-electron chi connectivity index (χ2n) is 3.67. The lowest BCUT2D eigenvalue weighted by atomic mass is 10.3. The largest absolute Gasteiger partial charge is 0.355 e. The Balaban J connectivity index is 2.31. The highest BCUT2D eigenvalue weighted by Gasteiger charge is 2.04. The third kappa shape index (κ3) is 5.54. The minimum atomic E-state index is -0.441. The Labute approximate surface area is 111 Å². The summed E-state index contributed by atoms with van der Waals surface area (Å²) >= 11 is 5.78. The van der Waals surface area contributed by atoms with Crippen LogP contribution in [0.5, 0.6) is 0 Å². The SMILES string of the molecule is CCCNC(=O)CNC(=O)Nc1cccc(Cl)c1. The molecule has 0 bridgehead atoms. The first-order valence-corrected chi connectivity index (χ1v) is 6.06. The van der Waals surface area contributed by atoms with Crippen molar-refractivity contribution in [2.75, 3.05) is 18.4 Å². The zero-order valence-corrected chi connectivity index (χ0v) is 10.9. The zero-order valence-electron chi connectivity index (χ0n) is 10.1. The first kappa shape index (κ1) is 14.3. The molecule has 0 unspecified atom stereocenters. The van der Waals surface area contributed by atoms with Crippen LogP contribution in [0.3, 0.4) is 0 Å². The number of rotatable bonds is 5. The summed E-state index contributed by atoms with van der Waals surface area (Å²) in [6.07, 6.45) is 0.862. The van der Waals surface area contributed by atoms with E-state index in [1.807, 2.05) is 6.92 Å². The van der Waals surface area contributed by atoms with Gasteiger partial charge in [-0.1, -0.05) is 24.6 Å². The molecule has 1 aromatic rings. The maximum absolute atomic E-state index is 11.5. The first-order valence-electron chi connectivity index (χ1n) is 5.69. The van der Waals surface area contributed by atoms with Crippen LogP contribution in [0.15, 0.2) is 24.3 Å². The van der Waals surface area contributed by atoms with Crippen molar-refractivity contribution in [2.24, 2.45) is 0 Å². The van der Waals surface area contributed by atoms with Crippen LogP contribution in [0.2, 0.25) is 5.02 Å². The van der Waals surface area contributed by atoms with E-state index in [9.17, 15) is 9.59 Å². The third-order valence-electron chi connectivity index (χ3n) is 2.06. The standard InChI is InChI=1S/C12H16ClN3O2/c1-2-6-14-11(17)8-15-12(18)16-10-5-3-4-9(13)7-10/h3-5,7H,2,6,8H2,1H3,(H,14,17)(H2,15,16,18). The van der Waals surface area contributed by atoms with Gasteiger partial charge in [0.15, 0.2) is 0 Å². The fourth-order valence-corrected chi connectivity index (χ4v) is 1.42. The van der Waals surface area contributed by atoms with E-state index in [4.69, 9.17) is 11.6 Å². The van der Waals surface area contributed by atoms with Crippen molar-refractivity contribution in [3.05, 3.63) is 29.3 Å². The number of hydrogen-bond donors (Lipinski definition) is 3. The monoisotopic (exact) mass is 269 g/mol. The van der Waals surface area contributed by atoms with Gasteiger partial charge in [0.2, 0.25) is 5.91 Å². The van der Waals surface area contributed by atoms with Crippen molar-refractivity contribution in [3.8, 4) is 0 Å². The van der Waals surface area contributed by atoms with E-state index in [0.717, 1.165) is 6.42 Å². The van der Waals surface area contributed by atoms with E-state index >= 15 is 0 Å². The van der Waals surface area contributed by atoms with Gasteiger partial charge in [-0.3, -0.25) is 4.79 Å². The van der Waals surface area contributed by atoms with Crippen LogP contribution in [-0.2, 0) is 4.79 Å². The van der Waals surface area contributed by atoms with Gasteiger partial charge in [0.1, 0.15) is 0 Å². The summed E-state index contributed by atoms with van der Waals surface area (Å²) in [5.41, 5.74) is 0.578. The Morgan fingerprint density at radius 2 is 2.06 bits per heavy atom. The highest BCUT2D eigenvalue weighted by atomic mass is 35.5. The smallest absolute Gasteiger partial charge is 0.319 e. The number of anilines is 1. The van der Waals surface area contributed by atoms with Crippen LogP contribution < -0.4 is 16.0 Å². The predicted molar refractivity (Wildman–Crippen MR) is 71.8 cm³/mol. The molecule has 0 aliphatic heterocycles. The van der Waals surface area contributed by atoms with E-state index < -0.39 is 6.03 Å². The molecular formula is C12H16ClN3O2. The second kappa shape index (κ2) is 7.55. The van der Waals surface area contributed by atoms with Crippen molar-refractivity contribution < 1.29 is 9.59 Å². The van der Waals surface area contributed by atoms with Gasteiger partial charge in [-0.2, -0.15) is 0 Å². The molecule has 18 heavy (non-hydrogen) atoms. The molecule has 0 aliphatic rings. The van der Waals surface area contributed by atoms with Crippen LogP contribution in [0.1, 0.15) is 13.3 Å². The quantitative estimate of drug-likeness (QED) is 0.765. The molecule has 0 radical (unpaired) electrons. The van der Waals surface area contributed by atoms with Crippen molar-refractivity contribution in [1.82, 2.24) is 10.6 Å². The van der Waals surface area contributed by atoms with Gasteiger partial charge in [-0.05, 0) is 24.6 Å². The molecule has 0 saturated heterocycles. The summed E-state index contributed by atoms with van der Waals surface area (Å²) in [5, 5.41) is 8.23.